The fourth-order valence-electron chi connectivity index (χ4n) is 2.68. The lowest BCUT2D eigenvalue weighted by atomic mass is 10.2. The summed E-state index contributed by atoms with van der Waals surface area (Å²) in [6.45, 7) is 0.689. The van der Waals surface area contributed by atoms with Crippen LogP contribution in [0.15, 0.2) is 29.5 Å². The Kier molecular flexibility index (Phi) is 5.68. The zero-order chi connectivity index (χ0) is 18.7. The van der Waals surface area contributed by atoms with Crippen LogP contribution < -0.4 is 10.1 Å². The highest BCUT2D eigenvalue weighted by molar-refractivity contribution is 6.32. The molecule has 0 spiro atoms. The first-order valence-electron chi connectivity index (χ1n) is 8.44. The smallest absolute Gasteiger partial charge is 0.337 e. The molecule has 7 nitrogen and oxygen atoms in total. The van der Waals surface area contributed by atoms with E-state index in [1.807, 2.05) is 0 Å². The number of benzene rings is 1. The number of ether oxygens (including phenoxy) is 2. The van der Waals surface area contributed by atoms with Gasteiger partial charge >= 0.3 is 5.97 Å². The molecule has 1 aromatic rings. The first-order valence-corrected chi connectivity index (χ1v) is 8.82. The maximum atomic E-state index is 12.5. The fraction of sp³-hybridized carbons (Fsp3) is 0.444. The van der Waals surface area contributed by atoms with Crippen LogP contribution in [0.25, 0.3) is 0 Å². The standard InChI is InChI=1S/C18H21ClN2O5/c1-25-18(24)13-9-21(6-7-22)17(23)16(13)20-12-4-5-15(14(19)8-12)26-10-11-2-3-11/h4-5,8,11,20,22H,2-3,6-7,9-10H2,1H3. The van der Waals surface area contributed by atoms with Crippen LogP contribution in [-0.2, 0) is 14.3 Å². The number of nitrogens with one attached hydrogen (secondary N) is 1. The molecule has 1 aliphatic carbocycles. The summed E-state index contributed by atoms with van der Waals surface area (Å²) in [4.78, 5) is 25.9. The van der Waals surface area contributed by atoms with Crippen LogP contribution in [0.3, 0.4) is 0 Å². The molecule has 26 heavy (non-hydrogen) atoms. The van der Waals surface area contributed by atoms with Crippen LogP contribution in [0.1, 0.15) is 12.8 Å². The molecule has 1 fully saturated rings. The Morgan fingerprint density at radius 2 is 2.19 bits per heavy atom. The molecule has 3 rings (SSSR count). The summed E-state index contributed by atoms with van der Waals surface area (Å²) >= 11 is 6.26. The summed E-state index contributed by atoms with van der Waals surface area (Å²) < 4.78 is 10.4. The SMILES string of the molecule is COC(=O)C1=C(Nc2ccc(OCC3CC3)c(Cl)c2)C(=O)N(CCO)C1. The van der Waals surface area contributed by atoms with Crippen molar-refractivity contribution < 1.29 is 24.2 Å². The van der Waals surface area contributed by atoms with Crippen LogP contribution in [0.2, 0.25) is 5.02 Å². The molecule has 2 aliphatic rings. The Labute approximate surface area is 156 Å². The Bertz CT molecular complexity index is 745. The van der Waals surface area contributed by atoms with Gasteiger partial charge in [-0.15, -0.1) is 0 Å². The lowest BCUT2D eigenvalue weighted by Gasteiger charge is -2.15. The summed E-state index contributed by atoms with van der Waals surface area (Å²) in [6, 6.07) is 5.11. The van der Waals surface area contributed by atoms with E-state index < -0.39 is 5.97 Å². The maximum Gasteiger partial charge on any atom is 0.337 e. The molecule has 1 aliphatic heterocycles. The monoisotopic (exact) mass is 380 g/mol. The number of anilines is 1. The van der Waals surface area contributed by atoms with Crippen molar-refractivity contribution in [3.63, 3.8) is 0 Å². The molecule has 0 atom stereocenters. The number of aliphatic hydroxyl groups excluding tert-OH is 1. The maximum absolute atomic E-state index is 12.5. The van der Waals surface area contributed by atoms with Gasteiger partial charge in [-0.05, 0) is 37.0 Å². The third-order valence-electron chi connectivity index (χ3n) is 4.33. The Balaban J connectivity index is 1.76. The minimum absolute atomic E-state index is 0.0880. The minimum Gasteiger partial charge on any atom is -0.492 e. The molecule has 1 heterocycles. The largest absolute Gasteiger partial charge is 0.492 e. The third kappa shape index (κ3) is 4.11. The van der Waals surface area contributed by atoms with Gasteiger partial charge in [-0.1, -0.05) is 11.6 Å². The molecule has 1 saturated carbocycles. The fourth-order valence-corrected chi connectivity index (χ4v) is 2.92. The highest BCUT2D eigenvalue weighted by Crippen LogP contribution is 2.33. The molecule has 0 radical (unpaired) electrons. The molecule has 2 N–H and O–H groups in total. The number of hydrogen-bond donors (Lipinski definition) is 2. The Morgan fingerprint density at radius 1 is 1.42 bits per heavy atom. The van der Waals surface area contributed by atoms with Gasteiger partial charge in [0.2, 0.25) is 0 Å². The molecule has 0 bridgehead atoms. The van der Waals surface area contributed by atoms with E-state index in [9.17, 15) is 9.59 Å². The average Bonchev–Trinajstić information content (AvgIpc) is 3.41. The molecule has 140 valence electrons. The first kappa shape index (κ1) is 18.5. The van der Waals surface area contributed by atoms with E-state index in [1.54, 1.807) is 18.2 Å². The first-order chi connectivity index (χ1) is 12.5. The third-order valence-corrected chi connectivity index (χ3v) is 4.62. The highest BCUT2D eigenvalue weighted by atomic mass is 35.5. The van der Waals surface area contributed by atoms with Crippen LogP contribution in [-0.4, -0.2) is 55.3 Å². The molecule has 1 amide bonds. The van der Waals surface area contributed by atoms with E-state index >= 15 is 0 Å². The number of aliphatic hydroxyl groups is 1. The second-order valence-corrected chi connectivity index (χ2v) is 6.73. The second kappa shape index (κ2) is 7.97. The van der Waals surface area contributed by atoms with Gasteiger partial charge in [-0.2, -0.15) is 0 Å². The van der Waals surface area contributed by atoms with Gasteiger partial charge in [-0.25, -0.2) is 4.79 Å². The predicted molar refractivity (Wildman–Crippen MR) is 96.0 cm³/mol. The van der Waals surface area contributed by atoms with E-state index in [1.165, 1.54) is 24.9 Å². The topological polar surface area (TPSA) is 88.1 Å². The molecule has 0 aromatic heterocycles. The molecule has 0 unspecified atom stereocenters. The lowest BCUT2D eigenvalue weighted by molar-refractivity contribution is -0.136. The normalized spacial score (nSPS) is 16.9. The quantitative estimate of drug-likeness (QED) is 0.669. The number of carbonyl (C=O) groups is 2. The molecule has 1 aromatic carbocycles. The van der Waals surface area contributed by atoms with Crippen molar-refractivity contribution >= 4 is 29.2 Å². The van der Waals surface area contributed by atoms with E-state index in [0.29, 0.717) is 29.0 Å². The lowest BCUT2D eigenvalue weighted by Crippen LogP contribution is -2.31. The van der Waals surface area contributed by atoms with Crippen molar-refractivity contribution in [2.45, 2.75) is 12.8 Å². The number of nitrogens with zero attached hydrogens (tertiary/aromatic N) is 1. The molecule has 0 saturated heterocycles. The van der Waals surface area contributed by atoms with Gasteiger partial charge in [0, 0.05) is 12.2 Å². The number of hydrogen-bond acceptors (Lipinski definition) is 6. The van der Waals surface area contributed by atoms with E-state index in [2.05, 4.69) is 5.32 Å². The average molecular weight is 381 g/mol. The molecular formula is C18H21ClN2O5. The Morgan fingerprint density at radius 3 is 2.81 bits per heavy atom. The molecular weight excluding hydrogens is 360 g/mol. The van der Waals surface area contributed by atoms with Crippen molar-refractivity contribution in [3.8, 4) is 5.75 Å². The predicted octanol–water partition coefficient (Wildman–Crippen LogP) is 1.80. The van der Waals surface area contributed by atoms with Gasteiger partial charge < -0.3 is 24.8 Å². The van der Waals surface area contributed by atoms with Gasteiger partial charge in [0.1, 0.15) is 11.4 Å². The summed E-state index contributed by atoms with van der Waals surface area (Å²) in [5, 5.41) is 12.5. The van der Waals surface area contributed by atoms with Gasteiger partial charge in [-0.3, -0.25) is 4.79 Å². The number of rotatable bonds is 8. The van der Waals surface area contributed by atoms with Crippen molar-refractivity contribution in [1.29, 1.82) is 0 Å². The van der Waals surface area contributed by atoms with Crippen molar-refractivity contribution in [2.75, 3.05) is 38.7 Å². The van der Waals surface area contributed by atoms with Crippen LogP contribution in [0.5, 0.6) is 5.75 Å². The second-order valence-electron chi connectivity index (χ2n) is 6.32. The molecule has 8 heteroatoms. The highest BCUT2D eigenvalue weighted by Gasteiger charge is 2.34. The number of β-amino-alcohol motifs (C(OH)–C–C–N with tert-alkyl or cyclic N) is 1. The van der Waals surface area contributed by atoms with Crippen LogP contribution in [0.4, 0.5) is 5.69 Å². The van der Waals surface area contributed by atoms with Crippen molar-refractivity contribution in [3.05, 3.63) is 34.5 Å². The summed E-state index contributed by atoms with van der Waals surface area (Å²) in [5.74, 6) is 0.248. The van der Waals surface area contributed by atoms with E-state index in [4.69, 9.17) is 26.2 Å². The Hall–Kier alpha value is -2.25. The minimum atomic E-state index is -0.586. The van der Waals surface area contributed by atoms with E-state index in [-0.39, 0.29) is 36.9 Å². The number of esters is 1. The summed E-state index contributed by atoms with van der Waals surface area (Å²) in [7, 11) is 1.26. The van der Waals surface area contributed by atoms with E-state index in [0.717, 1.165) is 0 Å². The van der Waals surface area contributed by atoms with Gasteiger partial charge in [0.25, 0.3) is 5.91 Å². The van der Waals surface area contributed by atoms with Crippen LogP contribution >= 0.6 is 11.6 Å². The van der Waals surface area contributed by atoms with Crippen molar-refractivity contribution in [2.24, 2.45) is 5.92 Å². The van der Waals surface area contributed by atoms with Crippen LogP contribution in [0, 0.1) is 5.92 Å². The summed E-state index contributed by atoms with van der Waals surface area (Å²) in [5.41, 5.74) is 0.911. The summed E-state index contributed by atoms with van der Waals surface area (Å²) in [6.07, 6.45) is 2.38. The number of amides is 1. The van der Waals surface area contributed by atoms with Gasteiger partial charge in [0.05, 0.1) is 37.5 Å². The van der Waals surface area contributed by atoms with Gasteiger partial charge in [0.15, 0.2) is 0 Å². The number of halogens is 1. The number of methoxy groups -OCH3 is 1. The zero-order valence-electron chi connectivity index (χ0n) is 14.5. The number of carbonyl (C=O) groups excluding carboxylic acids is 2. The van der Waals surface area contributed by atoms with Crippen molar-refractivity contribution in [1.82, 2.24) is 4.90 Å². The zero-order valence-corrected chi connectivity index (χ0v) is 15.2.